The molecule has 0 unspecified atom stereocenters. The van der Waals surface area contributed by atoms with E-state index >= 15 is 0 Å². The van der Waals surface area contributed by atoms with Crippen LogP contribution in [0, 0.1) is 0 Å². The molecule has 0 bridgehead atoms. The Morgan fingerprint density at radius 2 is 2.25 bits per heavy atom. The van der Waals surface area contributed by atoms with E-state index in [0.29, 0.717) is 10.2 Å². The average Bonchev–Trinajstić information content (AvgIpc) is 2.75. The van der Waals surface area contributed by atoms with Crippen LogP contribution in [0.15, 0.2) is 16.2 Å². The second-order valence-electron chi connectivity index (χ2n) is 3.21. The first-order valence-corrected chi connectivity index (χ1v) is 5.33. The first-order chi connectivity index (χ1) is 7.57. The summed E-state index contributed by atoms with van der Waals surface area (Å²) in [5.74, 6) is -1.13. The van der Waals surface area contributed by atoms with E-state index in [2.05, 4.69) is 4.74 Å². The fourth-order valence-electron chi connectivity index (χ4n) is 1.52. The van der Waals surface area contributed by atoms with E-state index in [0.717, 1.165) is 0 Å². The van der Waals surface area contributed by atoms with Crippen LogP contribution >= 0.6 is 11.3 Å². The van der Waals surface area contributed by atoms with E-state index in [4.69, 9.17) is 0 Å². The van der Waals surface area contributed by atoms with E-state index in [1.54, 1.807) is 18.5 Å². The van der Waals surface area contributed by atoms with Crippen LogP contribution in [0.3, 0.4) is 0 Å². The van der Waals surface area contributed by atoms with Crippen LogP contribution in [0.2, 0.25) is 0 Å². The number of carbonyl (C=O) groups is 1. The van der Waals surface area contributed by atoms with Gasteiger partial charge in [0, 0.05) is 7.05 Å². The fraction of sp³-hybridized carbons (Fsp3) is 0.200. The molecule has 0 fully saturated rings. The summed E-state index contributed by atoms with van der Waals surface area (Å²) in [6, 6.07) is 1.71. The summed E-state index contributed by atoms with van der Waals surface area (Å²) in [4.78, 5) is 23.2. The first kappa shape index (κ1) is 10.7. The van der Waals surface area contributed by atoms with Gasteiger partial charge in [-0.1, -0.05) is 0 Å². The zero-order valence-corrected chi connectivity index (χ0v) is 9.50. The second-order valence-corrected chi connectivity index (χ2v) is 4.13. The summed E-state index contributed by atoms with van der Waals surface area (Å²) < 4.78 is 6.29. The van der Waals surface area contributed by atoms with Gasteiger partial charge in [-0.25, -0.2) is 4.79 Å². The molecule has 0 atom stereocenters. The van der Waals surface area contributed by atoms with Gasteiger partial charge < -0.3 is 14.4 Å². The molecular weight excluding hydrogens is 230 g/mol. The third-order valence-corrected chi connectivity index (χ3v) is 3.28. The maximum Gasteiger partial charge on any atom is 0.347 e. The highest BCUT2D eigenvalue weighted by Gasteiger charge is 2.22. The molecule has 6 heteroatoms. The number of esters is 1. The van der Waals surface area contributed by atoms with E-state index in [1.165, 1.54) is 23.0 Å². The molecule has 16 heavy (non-hydrogen) atoms. The number of carbonyl (C=O) groups excluding carboxylic acids is 1. The molecule has 2 aromatic rings. The largest absolute Gasteiger partial charge is 0.505 e. The van der Waals surface area contributed by atoms with Crippen molar-refractivity contribution in [1.29, 1.82) is 0 Å². The molecule has 0 radical (unpaired) electrons. The number of aryl methyl sites for hydroxylation is 1. The number of aromatic hydroxyl groups is 1. The molecule has 0 aromatic carbocycles. The Kier molecular flexibility index (Phi) is 2.43. The van der Waals surface area contributed by atoms with Crippen LogP contribution in [0.1, 0.15) is 10.4 Å². The summed E-state index contributed by atoms with van der Waals surface area (Å²) in [5, 5.41) is 11.6. The molecule has 84 valence electrons. The normalized spacial score (nSPS) is 10.6. The fourth-order valence-corrected chi connectivity index (χ4v) is 2.39. The molecule has 5 nitrogen and oxygen atoms in total. The predicted octanol–water partition coefficient (Wildman–Crippen LogP) is 1.09. The van der Waals surface area contributed by atoms with Gasteiger partial charge in [-0.05, 0) is 11.4 Å². The van der Waals surface area contributed by atoms with Crippen molar-refractivity contribution in [2.45, 2.75) is 0 Å². The van der Waals surface area contributed by atoms with Crippen molar-refractivity contribution >= 4 is 27.5 Å². The number of fused-ring (bicyclic) bond motifs is 1. The highest BCUT2D eigenvalue weighted by atomic mass is 32.1. The van der Waals surface area contributed by atoms with Crippen LogP contribution < -0.4 is 5.56 Å². The van der Waals surface area contributed by atoms with Crippen LogP contribution in [-0.2, 0) is 11.8 Å². The van der Waals surface area contributed by atoms with Gasteiger partial charge in [-0.15, -0.1) is 11.3 Å². The number of hydrogen-bond acceptors (Lipinski definition) is 5. The van der Waals surface area contributed by atoms with Gasteiger partial charge in [0.25, 0.3) is 5.56 Å². The number of aromatic nitrogens is 1. The third kappa shape index (κ3) is 1.30. The summed E-state index contributed by atoms with van der Waals surface area (Å²) in [7, 11) is 2.71. The molecule has 0 amide bonds. The van der Waals surface area contributed by atoms with Crippen LogP contribution in [0.4, 0.5) is 0 Å². The van der Waals surface area contributed by atoms with Crippen molar-refractivity contribution < 1.29 is 14.6 Å². The Labute approximate surface area is 94.5 Å². The highest BCUT2D eigenvalue weighted by Crippen LogP contribution is 2.30. The third-order valence-electron chi connectivity index (χ3n) is 2.37. The van der Waals surface area contributed by atoms with Gasteiger partial charge in [-0.2, -0.15) is 0 Å². The zero-order chi connectivity index (χ0) is 11.9. The maximum absolute atomic E-state index is 11.8. The molecular formula is C10H9NO4S. The summed E-state index contributed by atoms with van der Waals surface area (Å²) in [6.45, 7) is 0. The number of nitrogens with zero attached hydrogens (tertiary/aromatic N) is 1. The van der Waals surface area contributed by atoms with Gasteiger partial charge in [-0.3, -0.25) is 4.79 Å². The zero-order valence-electron chi connectivity index (χ0n) is 8.68. The first-order valence-electron chi connectivity index (χ1n) is 4.45. The number of rotatable bonds is 1. The molecule has 0 spiro atoms. The molecule has 1 N–H and O–H groups in total. The Balaban J connectivity index is 2.94. The Hall–Kier alpha value is -1.82. The number of hydrogen-bond donors (Lipinski definition) is 1. The van der Waals surface area contributed by atoms with Crippen molar-refractivity contribution in [3.8, 4) is 5.75 Å². The van der Waals surface area contributed by atoms with Gasteiger partial charge in [0.15, 0.2) is 11.3 Å². The summed E-state index contributed by atoms with van der Waals surface area (Å²) in [6.07, 6.45) is 0. The van der Waals surface area contributed by atoms with Crippen LogP contribution in [0.25, 0.3) is 10.2 Å². The van der Waals surface area contributed by atoms with Crippen molar-refractivity contribution in [1.82, 2.24) is 4.57 Å². The lowest BCUT2D eigenvalue weighted by Crippen LogP contribution is -2.25. The van der Waals surface area contributed by atoms with Gasteiger partial charge >= 0.3 is 5.97 Å². The molecule has 0 saturated heterocycles. The standard InChI is InChI=1S/C10H9NO4S/c1-11-5-3-4-16-8(5)7(12)6(9(11)13)10(14)15-2/h3-4,12H,1-2H3. The minimum absolute atomic E-state index is 0.306. The van der Waals surface area contributed by atoms with E-state index in [-0.39, 0.29) is 11.3 Å². The van der Waals surface area contributed by atoms with E-state index in [1.807, 2.05) is 0 Å². The van der Waals surface area contributed by atoms with Gasteiger partial charge in [0.05, 0.1) is 17.3 Å². The molecule has 2 rings (SSSR count). The van der Waals surface area contributed by atoms with Crippen molar-refractivity contribution in [3.05, 3.63) is 27.4 Å². The second kappa shape index (κ2) is 3.64. The number of thiophene rings is 1. The van der Waals surface area contributed by atoms with Crippen LogP contribution in [0.5, 0.6) is 5.75 Å². The van der Waals surface area contributed by atoms with Gasteiger partial charge in [0.2, 0.25) is 0 Å². The highest BCUT2D eigenvalue weighted by molar-refractivity contribution is 7.17. The monoisotopic (exact) mass is 239 g/mol. The molecule has 0 aliphatic rings. The molecule has 2 heterocycles. The lowest BCUT2D eigenvalue weighted by Gasteiger charge is -2.06. The van der Waals surface area contributed by atoms with Gasteiger partial charge in [0.1, 0.15) is 0 Å². The lowest BCUT2D eigenvalue weighted by atomic mass is 10.2. The maximum atomic E-state index is 11.8. The smallest absolute Gasteiger partial charge is 0.347 e. The topological polar surface area (TPSA) is 68.5 Å². The van der Waals surface area contributed by atoms with E-state index < -0.39 is 11.5 Å². The van der Waals surface area contributed by atoms with Crippen molar-refractivity contribution in [2.75, 3.05) is 7.11 Å². The Morgan fingerprint density at radius 1 is 1.56 bits per heavy atom. The van der Waals surface area contributed by atoms with Crippen LogP contribution in [-0.4, -0.2) is 22.8 Å². The molecule has 0 aliphatic heterocycles. The predicted molar refractivity (Wildman–Crippen MR) is 60.1 cm³/mol. The van der Waals surface area contributed by atoms with E-state index in [9.17, 15) is 14.7 Å². The van der Waals surface area contributed by atoms with Crippen molar-refractivity contribution in [2.24, 2.45) is 7.05 Å². The number of pyridine rings is 1. The summed E-state index contributed by atoms with van der Waals surface area (Å²) in [5.41, 5.74) is -0.282. The lowest BCUT2D eigenvalue weighted by molar-refractivity contribution is 0.0595. The average molecular weight is 239 g/mol. The minimum Gasteiger partial charge on any atom is -0.505 e. The molecule has 0 saturated carbocycles. The Morgan fingerprint density at radius 3 is 2.88 bits per heavy atom. The molecule has 2 aromatic heterocycles. The number of ether oxygens (including phenoxy) is 1. The quantitative estimate of drug-likeness (QED) is 0.756. The summed E-state index contributed by atoms with van der Waals surface area (Å²) >= 11 is 1.26. The SMILES string of the molecule is COC(=O)c1c(O)c2sccc2n(C)c1=O. The number of methoxy groups -OCH3 is 1. The minimum atomic E-state index is -0.826. The molecule has 0 aliphatic carbocycles. The van der Waals surface area contributed by atoms with Crippen molar-refractivity contribution in [3.63, 3.8) is 0 Å². The Bertz CT molecular complexity index is 626.